The van der Waals surface area contributed by atoms with Crippen LogP contribution in [0, 0.1) is 11.3 Å². The summed E-state index contributed by atoms with van der Waals surface area (Å²) in [5, 5.41) is 59.0. The van der Waals surface area contributed by atoms with Crippen molar-refractivity contribution in [1.82, 2.24) is 58.1 Å². The van der Waals surface area contributed by atoms with Crippen LogP contribution in [0.1, 0.15) is 81.0 Å². The molecule has 8 rings (SSSR count). The van der Waals surface area contributed by atoms with E-state index in [-0.39, 0.29) is 101 Å². The Morgan fingerprint density at radius 1 is 0.551 bits per heavy atom. The number of nitrogens with zero attached hydrogens (tertiary/aromatic N) is 1. The third-order valence-corrected chi connectivity index (χ3v) is 17.1. The molecule has 6 aromatic carbocycles. The molecule has 518 valence electrons. The Morgan fingerprint density at radius 3 is 1.56 bits per heavy atom. The molecular formula is C71H86N14O13. The topological polar surface area (TPSA) is 428 Å². The van der Waals surface area contributed by atoms with Crippen LogP contribution in [0.5, 0.6) is 5.75 Å². The monoisotopic (exact) mass is 1340 g/mol. The summed E-state index contributed by atoms with van der Waals surface area (Å²) in [7, 11) is 0. The van der Waals surface area contributed by atoms with Crippen LogP contribution in [0.4, 0.5) is 0 Å². The predicted octanol–water partition coefficient (Wildman–Crippen LogP) is 0.536. The molecule has 11 amide bonds. The van der Waals surface area contributed by atoms with Gasteiger partial charge in [0.1, 0.15) is 60.1 Å². The minimum atomic E-state index is -1.79. The lowest BCUT2D eigenvalue weighted by Gasteiger charge is -2.31. The van der Waals surface area contributed by atoms with Crippen LogP contribution >= 0.6 is 0 Å². The minimum absolute atomic E-state index is 0.00308. The molecule has 17 N–H and O–H groups in total. The van der Waals surface area contributed by atoms with Crippen molar-refractivity contribution >= 4 is 92.5 Å². The molecule has 2 fully saturated rings. The molecule has 0 unspecified atom stereocenters. The number of phenols is 1. The third-order valence-electron chi connectivity index (χ3n) is 17.1. The lowest BCUT2D eigenvalue weighted by Crippen LogP contribution is -2.61. The van der Waals surface area contributed by atoms with E-state index in [2.05, 4.69) is 53.2 Å². The molecule has 98 heavy (non-hydrogen) atoms. The molecular weight excluding hydrogens is 1260 g/mol. The number of phenolic OH excluding ortho intramolecular Hbond substituents is 1. The maximum absolute atomic E-state index is 15.2. The number of likely N-dealkylation sites (tertiary alicyclic amines) is 1. The summed E-state index contributed by atoms with van der Waals surface area (Å²) in [5.74, 6) is -9.00. The van der Waals surface area contributed by atoms with Gasteiger partial charge in [-0.05, 0) is 100 Å². The molecule has 2 saturated heterocycles. The molecule has 27 nitrogen and oxygen atoms in total. The van der Waals surface area contributed by atoms with E-state index in [1.54, 1.807) is 66.7 Å². The summed E-state index contributed by atoms with van der Waals surface area (Å²) in [6, 6.07) is 27.9. The van der Waals surface area contributed by atoms with Gasteiger partial charge in [0, 0.05) is 45.2 Å². The second-order valence-electron chi connectivity index (χ2n) is 25.0. The fourth-order valence-electron chi connectivity index (χ4n) is 12.1. The van der Waals surface area contributed by atoms with Gasteiger partial charge in [-0.3, -0.25) is 58.1 Å². The Balaban J connectivity index is 1.07. The average Bonchev–Trinajstić information content (AvgIpc) is 1.75. The number of aliphatic hydroxyl groups is 1. The number of nitrogens with two attached hydrogens (primary N) is 2. The highest BCUT2D eigenvalue weighted by atomic mass is 16.3. The van der Waals surface area contributed by atoms with E-state index in [0.29, 0.717) is 28.7 Å². The zero-order valence-corrected chi connectivity index (χ0v) is 54.6. The summed E-state index contributed by atoms with van der Waals surface area (Å²) in [6.45, 7) is 2.41. The van der Waals surface area contributed by atoms with Gasteiger partial charge in [-0.25, -0.2) is 0 Å². The summed E-state index contributed by atoms with van der Waals surface area (Å²) in [6.07, 6.45) is 0.586. The molecule has 27 heteroatoms. The number of benzene rings is 6. The van der Waals surface area contributed by atoms with E-state index in [0.717, 1.165) is 21.5 Å². The first-order valence-electron chi connectivity index (χ1n) is 32.8. The van der Waals surface area contributed by atoms with E-state index >= 15 is 9.59 Å². The number of hydrogen-bond donors (Lipinski definition) is 15. The van der Waals surface area contributed by atoms with Gasteiger partial charge in [0.05, 0.1) is 13.2 Å². The summed E-state index contributed by atoms with van der Waals surface area (Å²) in [5.41, 5.74) is 13.1. The zero-order valence-electron chi connectivity index (χ0n) is 54.6. The first-order valence-corrected chi connectivity index (χ1v) is 32.8. The van der Waals surface area contributed by atoms with Crippen LogP contribution in [-0.4, -0.2) is 167 Å². The van der Waals surface area contributed by atoms with Crippen molar-refractivity contribution in [2.45, 2.75) is 139 Å². The number of hydrogen-bond acceptors (Lipinski definition) is 14. The number of rotatable bonds is 33. The van der Waals surface area contributed by atoms with Gasteiger partial charge in [0.25, 0.3) is 0 Å². The Kier molecular flexibility index (Phi) is 26.1. The van der Waals surface area contributed by atoms with Crippen LogP contribution in [-0.2, 0) is 78.4 Å². The smallest absolute Gasteiger partial charge is 0.245 e. The second kappa shape index (κ2) is 35.2. The van der Waals surface area contributed by atoms with E-state index in [9.17, 15) is 53.4 Å². The number of nitrogens with one attached hydrogen (secondary N) is 11. The molecule has 0 aromatic heterocycles. The van der Waals surface area contributed by atoms with E-state index in [1.165, 1.54) is 29.2 Å². The van der Waals surface area contributed by atoms with Gasteiger partial charge < -0.3 is 79.7 Å². The van der Waals surface area contributed by atoms with Crippen LogP contribution < -0.4 is 64.6 Å². The quantitative estimate of drug-likeness (QED) is 0.0152. The van der Waals surface area contributed by atoms with Gasteiger partial charge in [0.15, 0.2) is 5.96 Å². The van der Waals surface area contributed by atoms with Crippen molar-refractivity contribution < 1.29 is 63.0 Å². The van der Waals surface area contributed by atoms with Crippen molar-refractivity contribution in [3.63, 3.8) is 0 Å². The molecule has 0 spiro atoms. The lowest BCUT2D eigenvalue weighted by molar-refractivity contribution is -0.142. The Morgan fingerprint density at radius 2 is 1.03 bits per heavy atom. The average molecular weight is 1340 g/mol. The third kappa shape index (κ3) is 20.8. The summed E-state index contributed by atoms with van der Waals surface area (Å²) in [4.78, 5) is 156. The summed E-state index contributed by atoms with van der Waals surface area (Å²) >= 11 is 0. The first-order chi connectivity index (χ1) is 47.0. The maximum Gasteiger partial charge on any atom is 0.245 e. The highest BCUT2D eigenvalue weighted by Gasteiger charge is 2.40. The zero-order chi connectivity index (χ0) is 70.4. The molecule has 2 aliphatic rings. The van der Waals surface area contributed by atoms with E-state index in [1.807, 2.05) is 62.4 Å². The molecule has 2 aliphatic heterocycles. The number of primary amides is 1. The van der Waals surface area contributed by atoms with Gasteiger partial charge in [0.2, 0.25) is 65.0 Å². The van der Waals surface area contributed by atoms with E-state index < -0.39 is 127 Å². The number of carbonyl (C=O) groups is 11. The molecule has 6 aromatic rings. The van der Waals surface area contributed by atoms with Gasteiger partial charge in [-0.2, -0.15) is 0 Å². The van der Waals surface area contributed by atoms with Gasteiger partial charge >= 0.3 is 0 Å². The molecule has 0 aliphatic carbocycles. The SMILES string of the molecule is CC(C)C[C@H](NC(=O)[C@H](Cc1cccc2ccccc12)NC(=O)[C@H](Cc1ccc(O)cc1)NC(=O)[C@H](CO)NC(=O)[C@H](Cc1cccc2ccccc12)NC(=O)[C@@H](Cc1ccccc1)NC(=O)[C@@H]1CCC(=O)N1)C(=O)N[C@@H](CCCNC(=N)N)C(=O)N1CCC[C@H]1C(=O)NCC(N)=O. The maximum atomic E-state index is 15.2. The standard InChI is InChI=1S/C71H86N14O13/c1-41(2)34-53(63(91)78-52(24-12-32-75-71(73)74)70(98)85-33-13-25-59(85)69(97)76-39-60(72)88)79-66(94)56(37-46-20-10-18-44-16-6-8-22-49(44)46)82-65(93)55(36-43-26-28-48(87)29-27-43)81-68(96)58(40-86)84-67(95)57(38-47-21-11-19-45-17-7-9-23-50(45)47)83-64(92)54(35-42-14-4-3-5-15-42)80-62(90)51-30-31-61(89)77-51/h3-11,14-23,26-29,41,51-59,86-87H,12-13,24-25,30-40H2,1-2H3,(H2,72,88)(H,76,97)(H,77,89)(H,78,91)(H,79,94)(H,80,90)(H,81,96)(H,82,93)(H,83,92)(H,84,95)(H4,73,74,75)/t51-,52-,53-,54+,55-,56-,57-,58-,59-/m0/s1. The van der Waals surface area contributed by atoms with Crippen molar-refractivity contribution in [1.29, 1.82) is 5.41 Å². The number of guanidine groups is 1. The molecule has 9 atom stereocenters. The predicted molar refractivity (Wildman–Crippen MR) is 365 cm³/mol. The van der Waals surface area contributed by atoms with Crippen molar-refractivity contribution in [3.05, 3.63) is 162 Å². The van der Waals surface area contributed by atoms with Crippen LogP contribution in [0.25, 0.3) is 21.5 Å². The fraction of sp³-hybridized carbons (Fsp3) is 0.380. The number of aromatic hydroxyl groups is 1. The molecule has 0 radical (unpaired) electrons. The van der Waals surface area contributed by atoms with Crippen LogP contribution in [0.15, 0.2) is 140 Å². The highest BCUT2D eigenvalue weighted by Crippen LogP contribution is 2.24. The van der Waals surface area contributed by atoms with E-state index in [4.69, 9.17) is 16.9 Å². The van der Waals surface area contributed by atoms with Crippen LogP contribution in [0.3, 0.4) is 0 Å². The van der Waals surface area contributed by atoms with Crippen molar-refractivity contribution in [2.75, 3.05) is 26.2 Å². The Bertz CT molecular complexity index is 3860. The molecule has 2 heterocycles. The largest absolute Gasteiger partial charge is 0.508 e. The number of amides is 11. The Hall–Kier alpha value is -11.0. The second-order valence-corrected chi connectivity index (χ2v) is 25.0. The van der Waals surface area contributed by atoms with Gasteiger partial charge in [-0.1, -0.05) is 141 Å². The molecule has 0 saturated carbocycles. The normalized spacial score (nSPS) is 16.4. The summed E-state index contributed by atoms with van der Waals surface area (Å²) < 4.78 is 0. The van der Waals surface area contributed by atoms with Crippen LogP contribution in [0.2, 0.25) is 0 Å². The lowest BCUT2D eigenvalue weighted by atomic mass is 9.96. The van der Waals surface area contributed by atoms with Gasteiger partial charge in [-0.15, -0.1) is 0 Å². The number of carbonyl (C=O) groups excluding carboxylic acids is 11. The molecule has 0 bridgehead atoms. The minimum Gasteiger partial charge on any atom is -0.508 e. The fourth-order valence-corrected chi connectivity index (χ4v) is 12.1. The Labute approximate surface area is 566 Å². The van der Waals surface area contributed by atoms with Crippen molar-refractivity contribution in [3.8, 4) is 5.75 Å². The highest BCUT2D eigenvalue weighted by molar-refractivity contribution is 6.00. The number of aliphatic hydroxyl groups excluding tert-OH is 1. The first kappa shape index (κ1) is 72.9. The number of fused-ring (bicyclic) bond motifs is 2. The van der Waals surface area contributed by atoms with Crippen molar-refractivity contribution in [2.24, 2.45) is 17.4 Å².